The van der Waals surface area contributed by atoms with Crippen molar-refractivity contribution in [1.29, 1.82) is 0 Å². The fourth-order valence-corrected chi connectivity index (χ4v) is 3.54. The zero-order valence-corrected chi connectivity index (χ0v) is 16.9. The summed E-state index contributed by atoms with van der Waals surface area (Å²) < 4.78 is 14.1. The van der Waals surface area contributed by atoms with Crippen LogP contribution in [0.1, 0.15) is 16.8 Å². The lowest BCUT2D eigenvalue weighted by Crippen LogP contribution is -2.47. The minimum absolute atomic E-state index is 0.171. The Morgan fingerprint density at radius 2 is 1.59 bits per heavy atom. The first-order valence-corrected chi connectivity index (χ1v) is 9.98. The summed E-state index contributed by atoms with van der Waals surface area (Å²) in [5.74, 6) is 1.38. The molecule has 0 spiro atoms. The van der Waals surface area contributed by atoms with E-state index in [1.807, 2.05) is 25.1 Å². The Balaban J connectivity index is 1.41. The zero-order valence-electron chi connectivity index (χ0n) is 16.9. The normalized spacial score (nSPS) is 14.2. The van der Waals surface area contributed by atoms with Crippen molar-refractivity contribution in [2.75, 3.05) is 41.3 Å². The van der Waals surface area contributed by atoms with Gasteiger partial charge in [-0.2, -0.15) is 4.98 Å². The Morgan fingerprint density at radius 1 is 0.897 bits per heavy atom. The number of rotatable bonds is 5. The molecule has 1 aliphatic rings. The first-order chi connectivity index (χ1) is 14.1. The zero-order chi connectivity index (χ0) is 20.2. The number of halogens is 1. The van der Waals surface area contributed by atoms with E-state index in [1.54, 1.807) is 6.07 Å². The molecule has 2 heterocycles. The van der Waals surface area contributed by atoms with E-state index in [-0.39, 0.29) is 5.82 Å². The van der Waals surface area contributed by atoms with Gasteiger partial charge in [-0.25, -0.2) is 9.37 Å². The molecule has 1 saturated heterocycles. The van der Waals surface area contributed by atoms with Gasteiger partial charge in [0.1, 0.15) is 11.6 Å². The summed E-state index contributed by atoms with van der Waals surface area (Å²) in [6, 6.07) is 17.4. The maximum Gasteiger partial charge on any atom is 0.227 e. The standard InChI is InChI=1S/C23H26FN5/c1-17-7-9-19(10-8-17)16-25-22-15-18(2)26-23(27-22)29-13-11-28(12-14-29)21-6-4-3-5-20(21)24/h3-10,15H,11-14,16H2,1-2H3,(H,25,26,27). The van der Waals surface area contributed by atoms with Gasteiger partial charge in [-0.1, -0.05) is 42.0 Å². The largest absolute Gasteiger partial charge is 0.366 e. The van der Waals surface area contributed by atoms with Crippen molar-refractivity contribution in [3.63, 3.8) is 0 Å². The molecule has 1 N–H and O–H groups in total. The van der Waals surface area contributed by atoms with Gasteiger partial charge in [-0.3, -0.25) is 0 Å². The highest BCUT2D eigenvalue weighted by Crippen LogP contribution is 2.22. The third kappa shape index (κ3) is 4.65. The number of hydrogen-bond acceptors (Lipinski definition) is 5. The number of aromatic nitrogens is 2. The van der Waals surface area contributed by atoms with E-state index >= 15 is 0 Å². The third-order valence-corrected chi connectivity index (χ3v) is 5.19. The van der Waals surface area contributed by atoms with E-state index in [9.17, 15) is 4.39 Å². The molecular formula is C23H26FN5. The summed E-state index contributed by atoms with van der Waals surface area (Å²) in [4.78, 5) is 13.6. The van der Waals surface area contributed by atoms with Crippen molar-refractivity contribution in [2.45, 2.75) is 20.4 Å². The van der Waals surface area contributed by atoms with Gasteiger partial charge >= 0.3 is 0 Å². The van der Waals surface area contributed by atoms with Crippen LogP contribution in [0.5, 0.6) is 0 Å². The van der Waals surface area contributed by atoms with Crippen LogP contribution in [0.4, 0.5) is 21.8 Å². The minimum Gasteiger partial charge on any atom is -0.366 e. The average molecular weight is 391 g/mol. The summed E-state index contributed by atoms with van der Waals surface area (Å²) in [6.45, 7) is 7.79. The van der Waals surface area contributed by atoms with Crippen LogP contribution in [-0.2, 0) is 6.54 Å². The Morgan fingerprint density at radius 3 is 2.31 bits per heavy atom. The number of nitrogens with one attached hydrogen (secondary N) is 1. The molecule has 0 unspecified atom stereocenters. The van der Waals surface area contributed by atoms with Gasteiger partial charge in [0, 0.05) is 44.5 Å². The van der Waals surface area contributed by atoms with Gasteiger partial charge in [-0.05, 0) is 31.5 Å². The number of aryl methyl sites for hydroxylation is 2. The Kier molecular flexibility index (Phi) is 5.60. The summed E-state index contributed by atoms with van der Waals surface area (Å²) >= 11 is 0. The highest BCUT2D eigenvalue weighted by atomic mass is 19.1. The van der Waals surface area contributed by atoms with E-state index in [4.69, 9.17) is 4.98 Å². The van der Waals surface area contributed by atoms with Crippen LogP contribution in [0.2, 0.25) is 0 Å². The summed E-state index contributed by atoms with van der Waals surface area (Å²) in [5, 5.41) is 3.41. The molecule has 150 valence electrons. The molecule has 0 atom stereocenters. The van der Waals surface area contributed by atoms with Gasteiger partial charge in [0.05, 0.1) is 5.69 Å². The second-order valence-corrected chi connectivity index (χ2v) is 7.46. The fourth-order valence-electron chi connectivity index (χ4n) is 3.54. The van der Waals surface area contributed by atoms with E-state index < -0.39 is 0 Å². The number of benzene rings is 2. The predicted molar refractivity (Wildman–Crippen MR) is 116 cm³/mol. The van der Waals surface area contributed by atoms with E-state index in [2.05, 4.69) is 51.3 Å². The van der Waals surface area contributed by atoms with Crippen molar-refractivity contribution >= 4 is 17.5 Å². The molecule has 1 fully saturated rings. The maximum absolute atomic E-state index is 14.1. The van der Waals surface area contributed by atoms with Crippen LogP contribution in [0.25, 0.3) is 0 Å². The van der Waals surface area contributed by atoms with Crippen LogP contribution in [0.3, 0.4) is 0 Å². The van der Waals surface area contributed by atoms with Crippen LogP contribution in [0, 0.1) is 19.7 Å². The van der Waals surface area contributed by atoms with Crippen molar-refractivity contribution in [3.05, 3.63) is 77.2 Å². The van der Waals surface area contributed by atoms with Gasteiger partial charge in [0.15, 0.2) is 0 Å². The van der Waals surface area contributed by atoms with Gasteiger partial charge < -0.3 is 15.1 Å². The lowest BCUT2D eigenvalue weighted by Gasteiger charge is -2.36. The molecule has 1 aromatic heterocycles. The van der Waals surface area contributed by atoms with Crippen molar-refractivity contribution < 1.29 is 4.39 Å². The minimum atomic E-state index is -0.171. The molecule has 4 rings (SSSR count). The topological polar surface area (TPSA) is 44.3 Å². The lowest BCUT2D eigenvalue weighted by atomic mass is 10.1. The molecule has 1 aliphatic heterocycles. The fraction of sp³-hybridized carbons (Fsp3) is 0.304. The predicted octanol–water partition coefficient (Wildman–Crippen LogP) is 4.17. The summed E-state index contributed by atoms with van der Waals surface area (Å²) in [6.07, 6.45) is 0. The van der Waals surface area contributed by atoms with Gasteiger partial charge in [-0.15, -0.1) is 0 Å². The first kappa shape index (κ1) is 19.2. The van der Waals surface area contributed by atoms with E-state index in [1.165, 1.54) is 17.2 Å². The monoisotopic (exact) mass is 391 g/mol. The van der Waals surface area contributed by atoms with Crippen molar-refractivity contribution in [1.82, 2.24) is 9.97 Å². The molecule has 3 aromatic rings. The molecule has 6 heteroatoms. The molecule has 0 aliphatic carbocycles. The van der Waals surface area contributed by atoms with E-state index in [0.717, 1.165) is 50.2 Å². The average Bonchev–Trinajstić information content (AvgIpc) is 2.73. The highest BCUT2D eigenvalue weighted by Gasteiger charge is 2.21. The SMILES string of the molecule is Cc1ccc(CNc2cc(C)nc(N3CCN(c4ccccc4F)CC3)n2)cc1. The highest BCUT2D eigenvalue weighted by molar-refractivity contribution is 5.50. The second kappa shape index (κ2) is 8.47. The van der Waals surface area contributed by atoms with Crippen LogP contribution < -0.4 is 15.1 Å². The quantitative estimate of drug-likeness (QED) is 0.707. The molecule has 0 radical (unpaired) electrons. The second-order valence-electron chi connectivity index (χ2n) is 7.46. The number of nitrogens with zero attached hydrogens (tertiary/aromatic N) is 4. The number of anilines is 3. The Hall–Kier alpha value is -3.15. The molecule has 5 nitrogen and oxygen atoms in total. The summed E-state index contributed by atoms with van der Waals surface area (Å²) in [5.41, 5.74) is 4.06. The first-order valence-electron chi connectivity index (χ1n) is 9.98. The van der Waals surface area contributed by atoms with Crippen LogP contribution in [-0.4, -0.2) is 36.1 Å². The third-order valence-electron chi connectivity index (χ3n) is 5.19. The Labute approximate surface area is 171 Å². The molecule has 0 bridgehead atoms. The van der Waals surface area contributed by atoms with Crippen molar-refractivity contribution in [2.24, 2.45) is 0 Å². The number of hydrogen-bond donors (Lipinski definition) is 1. The number of para-hydroxylation sites is 1. The molecule has 29 heavy (non-hydrogen) atoms. The van der Waals surface area contributed by atoms with Crippen molar-refractivity contribution in [3.8, 4) is 0 Å². The molecule has 0 saturated carbocycles. The van der Waals surface area contributed by atoms with Crippen LogP contribution >= 0.6 is 0 Å². The van der Waals surface area contributed by atoms with E-state index in [0.29, 0.717) is 5.69 Å². The summed E-state index contributed by atoms with van der Waals surface area (Å²) in [7, 11) is 0. The molecule has 2 aromatic carbocycles. The molecule has 0 amide bonds. The lowest BCUT2D eigenvalue weighted by molar-refractivity contribution is 0.594. The smallest absolute Gasteiger partial charge is 0.227 e. The Bertz CT molecular complexity index is 965. The number of piperazine rings is 1. The van der Waals surface area contributed by atoms with Gasteiger partial charge in [0.25, 0.3) is 0 Å². The maximum atomic E-state index is 14.1. The van der Waals surface area contributed by atoms with Gasteiger partial charge in [0.2, 0.25) is 5.95 Å². The van der Waals surface area contributed by atoms with Crippen LogP contribution in [0.15, 0.2) is 54.6 Å². The molecular weight excluding hydrogens is 365 g/mol.